The first-order valence-electron chi connectivity index (χ1n) is 16.6. The summed E-state index contributed by atoms with van der Waals surface area (Å²) < 4.78 is 8.56. The molecule has 0 spiro atoms. The summed E-state index contributed by atoms with van der Waals surface area (Å²) in [6.45, 7) is 11.3. The second-order valence-electron chi connectivity index (χ2n) is 13.5. The van der Waals surface area contributed by atoms with Crippen LogP contribution in [0.2, 0.25) is 0 Å². The predicted molar refractivity (Wildman–Crippen MR) is 188 cm³/mol. The van der Waals surface area contributed by atoms with Crippen LogP contribution in [-0.4, -0.2) is 75.2 Å². The fourth-order valence-electron chi connectivity index (χ4n) is 5.58. The van der Waals surface area contributed by atoms with Gasteiger partial charge in [-0.1, -0.05) is 58.9 Å². The van der Waals surface area contributed by atoms with Gasteiger partial charge in [-0.2, -0.15) is 0 Å². The normalized spacial score (nSPS) is 16.2. The first-order chi connectivity index (χ1) is 23.3. The fraction of sp³-hybridized carbons (Fsp3) is 0.444. The smallest absolute Gasteiger partial charge is 0.319 e. The van der Waals surface area contributed by atoms with E-state index in [1.54, 1.807) is 6.07 Å². The van der Waals surface area contributed by atoms with Crippen molar-refractivity contribution in [3.05, 3.63) is 83.1 Å². The van der Waals surface area contributed by atoms with Crippen molar-refractivity contribution in [2.45, 2.75) is 77.4 Å². The van der Waals surface area contributed by atoms with Crippen LogP contribution in [0, 0.1) is 0 Å². The zero-order valence-corrected chi connectivity index (χ0v) is 29.4. The van der Waals surface area contributed by atoms with Gasteiger partial charge < -0.3 is 30.7 Å². The number of carboxylic acid groups (broad SMARTS) is 1. The molecule has 0 fully saturated rings. The van der Waals surface area contributed by atoms with Gasteiger partial charge in [0.05, 0.1) is 12.2 Å². The number of aromatic nitrogens is 4. The maximum Gasteiger partial charge on any atom is 0.319 e. The van der Waals surface area contributed by atoms with Crippen molar-refractivity contribution < 1.29 is 24.2 Å². The average molecular weight is 673 g/mol. The highest BCUT2D eigenvalue weighted by molar-refractivity contribution is 5.95. The van der Waals surface area contributed by atoms with E-state index in [4.69, 9.17) is 14.6 Å². The molecular formula is C36H48N8O5. The molecule has 1 aliphatic carbocycles. The number of nitrogens with one attached hydrogen (secondary N) is 3. The van der Waals surface area contributed by atoms with Crippen molar-refractivity contribution in [1.29, 1.82) is 0 Å². The van der Waals surface area contributed by atoms with E-state index in [2.05, 4.69) is 51.0 Å². The molecule has 13 heteroatoms. The average Bonchev–Trinajstić information content (AvgIpc) is 3.48. The number of ether oxygens (including phenoxy) is 1. The summed E-state index contributed by atoms with van der Waals surface area (Å²) in [7, 11) is 3.90. The molecule has 0 saturated carbocycles. The highest BCUT2D eigenvalue weighted by Crippen LogP contribution is 2.39. The number of rotatable bonds is 10. The van der Waals surface area contributed by atoms with Crippen molar-refractivity contribution in [3.63, 3.8) is 0 Å². The summed E-state index contributed by atoms with van der Waals surface area (Å²) in [6, 6.07) is 14.8. The molecule has 3 heterocycles. The fourth-order valence-corrected chi connectivity index (χ4v) is 5.58. The lowest BCUT2D eigenvalue weighted by Crippen LogP contribution is -2.36. The number of likely N-dealkylation sites (N-methyl/N-ethyl adjacent to an activating group) is 1. The Morgan fingerprint density at radius 3 is 2.49 bits per heavy atom. The highest BCUT2D eigenvalue weighted by atomic mass is 16.5. The number of pyridine rings is 2. The number of fused-ring (bicyclic) bond motifs is 2. The Balaban J connectivity index is 0.00000174. The van der Waals surface area contributed by atoms with E-state index in [9.17, 15) is 9.59 Å². The van der Waals surface area contributed by atoms with Crippen LogP contribution in [0.1, 0.15) is 105 Å². The van der Waals surface area contributed by atoms with E-state index in [0.717, 1.165) is 41.2 Å². The Bertz CT molecular complexity index is 1750. The Morgan fingerprint density at radius 2 is 1.82 bits per heavy atom. The number of urea groups is 1. The van der Waals surface area contributed by atoms with Crippen molar-refractivity contribution >= 4 is 29.7 Å². The molecule has 4 aromatic rings. The van der Waals surface area contributed by atoms with E-state index < -0.39 is 0 Å². The number of amides is 3. The van der Waals surface area contributed by atoms with Crippen molar-refractivity contribution in [2.24, 2.45) is 0 Å². The highest BCUT2D eigenvalue weighted by Gasteiger charge is 2.30. The largest absolute Gasteiger partial charge is 0.484 e. The lowest BCUT2D eigenvalue weighted by Gasteiger charge is -2.32. The molecule has 262 valence electrons. The van der Waals surface area contributed by atoms with Crippen LogP contribution in [0.25, 0.3) is 5.65 Å². The SMILES string of the molecule is CC[C@H](C)c1nnc2ccc(O[C@@H]3CC[C@H](NC(=O)Nc4cc(C(=O)NCCN(C)C)nc(C(C)(C)C)c4)c4ccccc43)cn12.O=CO. The standard InChI is InChI=1S/C35H46N8O3.CH2O2/c1-8-22(2)32-41-40-31-16-13-24(21-43(31)32)46-29-15-14-27(25-11-9-10-12-26(25)29)39-34(45)37-23-19-28(33(44)36-17-18-42(6)7)38-30(20-23)35(3,4)5;2-1-3/h9-13,16,19-22,27,29H,8,14-15,17-18H2,1-7H3,(H,36,44)(H2,37,38,39,45);1H,(H,2,3)/t22-,27-,29+;/m0./s1. The third-order valence-electron chi connectivity index (χ3n) is 8.40. The lowest BCUT2D eigenvalue weighted by molar-refractivity contribution is -0.122. The molecule has 3 aromatic heterocycles. The topological polar surface area (TPSA) is 163 Å². The maximum absolute atomic E-state index is 13.4. The Hall–Kier alpha value is -5.04. The monoisotopic (exact) mass is 672 g/mol. The van der Waals surface area contributed by atoms with Crippen LogP contribution in [0.3, 0.4) is 0 Å². The van der Waals surface area contributed by atoms with E-state index >= 15 is 0 Å². The lowest BCUT2D eigenvalue weighted by atomic mass is 9.85. The van der Waals surface area contributed by atoms with E-state index in [1.165, 1.54) is 0 Å². The number of hydrogen-bond acceptors (Lipinski definition) is 8. The minimum atomic E-state index is -0.347. The summed E-state index contributed by atoms with van der Waals surface area (Å²) >= 11 is 0. The molecule has 4 N–H and O–H groups in total. The Morgan fingerprint density at radius 1 is 1.10 bits per heavy atom. The van der Waals surface area contributed by atoms with Gasteiger partial charge in [-0.15, -0.1) is 10.2 Å². The van der Waals surface area contributed by atoms with Crippen molar-refractivity contribution in [2.75, 3.05) is 32.5 Å². The summed E-state index contributed by atoms with van der Waals surface area (Å²) in [5.41, 5.74) is 4.03. The molecule has 49 heavy (non-hydrogen) atoms. The van der Waals surface area contributed by atoms with Gasteiger partial charge in [0.2, 0.25) is 0 Å². The second-order valence-corrected chi connectivity index (χ2v) is 13.5. The number of carbonyl (C=O) groups excluding carboxylic acids is 2. The zero-order chi connectivity index (χ0) is 35.7. The number of nitrogens with zero attached hydrogens (tertiary/aromatic N) is 5. The van der Waals surface area contributed by atoms with Gasteiger partial charge in [-0.25, -0.2) is 9.78 Å². The number of anilines is 1. The zero-order valence-electron chi connectivity index (χ0n) is 29.4. The summed E-state index contributed by atoms with van der Waals surface area (Å²) in [5.74, 6) is 1.67. The number of carbonyl (C=O) groups is 3. The maximum atomic E-state index is 13.4. The van der Waals surface area contributed by atoms with Gasteiger partial charge in [0.15, 0.2) is 5.65 Å². The van der Waals surface area contributed by atoms with Gasteiger partial charge in [-0.3, -0.25) is 14.0 Å². The molecule has 13 nitrogen and oxygen atoms in total. The van der Waals surface area contributed by atoms with Crippen LogP contribution in [0.15, 0.2) is 54.7 Å². The van der Waals surface area contributed by atoms with Crippen LogP contribution in [-0.2, 0) is 10.2 Å². The Kier molecular flexibility index (Phi) is 12.3. The molecule has 0 unspecified atom stereocenters. The Labute approximate surface area is 287 Å². The molecule has 5 rings (SSSR count). The van der Waals surface area contributed by atoms with Gasteiger partial charge in [0.1, 0.15) is 23.4 Å². The van der Waals surface area contributed by atoms with Gasteiger partial charge >= 0.3 is 6.03 Å². The molecule has 1 aromatic carbocycles. The predicted octanol–water partition coefficient (Wildman–Crippen LogP) is 5.70. The summed E-state index contributed by atoms with van der Waals surface area (Å²) in [4.78, 5) is 41.3. The van der Waals surface area contributed by atoms with Crippen LogP contribution in [0.4, 0.5) is 10.5 Å². The van der Waals surface area contributed by atoms with Gasteiger partial charge in [-0.05, 0) is 68.8 Å². The molecule has 0 radical (unpaired) electrons. The van der Waals surface area contributed by atoms with Crippen LogP contribution in [0.5, 0.6) is 5.75 Å². The third kappa shape index (κ3) is 9.53. The molecule has 1 aliphatic rings. The van der Waals surface area contributed by atoms with Crippen molar-refractivity contribution in [3.8, 4) is 5.75 Å². The van der Waals surface area contributed by atoms with Crippen LogP contribution < -0.4 is 20.7 Å². The first-order valence-corrected chi connectivity index (χ1v) is 16.6. The molecule has 0 bridgehead atoms. The number of hydrogen-bond donors (Lipinski definition) is 4. The molecule has 0 aliphatic heterocycles. The molecular weight excluding hydrogens is 624 g/mol. The minimum absolute atomic E-state index is 0.165. The van der Waals surface area contributed by atoms with Crippen LogP contribution >= 0.6 is 0 Å². The number of benzene rings is 1. The van der Waals surface area contributed by atoms with E-state index in [1.807, 2.05) is 86.8 Å². The minimum Gasteiger partial charge on any atom is -0.484 e. The quantitative estimate of drug-likeness (QED) is 0.155. The van der Waals surface area contributed by atoms with E-state index in [-0.39, 0.29) is 47.6 Å². The molecule has 3 atom stereocenters. The van der Waals surface area contributed by atoms with E-state index in [0.29, 0.717) is 30.9 Å². The molecule has 0 saturated heterocycles. The molecule has 3 amide bonds. The summed E-state index contributed by atoms with van der Waals surface area (Å²) in [5, 5.41) is 24.6. The van der Waals surface area contributed by atoms with Gasteiger partial charge in [0, 0.05) is 35.8 Å². The van der Waals surface area contributed by atoms with Crippen molar-refractivity contribution in [1.82, 2.24) is 35.1 Å². The van der Waals surface area contributed by atoms with Gasteiger partial charge in [0.25, 0.3) is 12.4 Å². The third-order valence-corrected chi connectivity index (χ3v) is 8.40. The first kappa shape index (κ1) is 36.8. The summed E-state index contributed by atoms with van der Waals surface area (Å²) in [6.07, 6.45) is 4.19. The second kappa shape index (κ2) is 16.4.